The van der Waals surface area contributed by atoms with Gasteiger partial charge in [-0.15, -0.1) is 0 Å². The Balaban J connectivity index is 1.19. The fraction of sp³-hybridized carbons (Fsp3) is 0.304. The predicted octanol–water partition coefficient (Wildman–Crippen LogP) is 4.41. The second-order valence-corrected chi connectivity index (χ2v) is 8.42. The Morgan fingerprint density at radius 3 is 2.66 bits per heavy atom. The van der Waals surface area contributed by atoms with Crippen molar-refractivity contribution >= 4 is 40.0 Å². The highest BCUT2D eigenvalue weighted by Gasteiger charge is 2.19. The van der Waals surface area contributed by atoms with E-state index in [0.717, 1.165) is 50.0 Å². The van der Waals surface area contributed by atoms with Crippen LogP contribution < -0.4 is 10.2 Å². The van der Waals surface area contributed by atoms with Gasteiger partial charge in [0.25, 0.3) is 5.91 Å². The van der Waals surface area contributed by atoms with Crippen molar-refractivity contribution < 1.29 is 13.9 Å². The number of nitrogens with one attached hydrogen (secondary N) is 1. The summed E-state index contributed by atoms with van der Waals surface area (Å²) in [5.74, 6) is -0.227. The Hall–Kier alpha value is -2.45. The van der Waals surface area contributed by atoms with Crippen molar-refractivity contribution in [2.75, 3.05) is 39.3 Å². The molecular formula is C23H23Cl2FN4O2. The highest BCUT2D eigenvalue weighted by molar-refractivity contribution is 6.31. The number of halogens is 3. The number of carbonyl (C=O) groups is 1. The molecule has 2 heterocycles. The largest absolute Gasteiger partial charge is 0.493 e. The summed E-state index contributed by atoms with van der Waals surface area (Å²) < 4.78 is 19.0. The molecule has 1 amide bonds. The zero-order chi connectivity index (χ0) is 22.5. The maximum atomic E-state index is 13.4. The molecule has 0 atom stereocenters. The molecule has 168 valence electrons. The van der Waals surface area contributed by atoms with E-state index < -0.39 is 5.82 Å². The van der Waals surface area contributed by atoms with Gasteiger partial charge in [0.2, 0.25) is 0 Å². The van der Waals surface area contributed by atoms with Gasteiger partial charge in [0.1, 0.15) is 17.3 Å². The molecule has 0 radical (unpaired) electrons. The Labute approximate surface area is 195 Å². The average molecular weight is 477 g/mol. The van der Waals surface area contributed by atoms with Gasteiger partial charge in [0.15, 0.2) is 0 Å². The molecule has 1 aliphatic heterocycles. The Morgan fingerprint density at radius 2 is 1.88 bits per heavy atom. The van der Waals surface area contributed by atoms with Gasteiger partial charge in [-0.2, -0.15) is 0 Å². The summed E-state index contributed by atoms with van der Waals surface area (Å²) in [6.07, 6.45) is 0.821. The zero-order valence-electron chi connectivity index (χ0n) is 17.4. The lowest BCUT2D eigenvalue weighted by Gasteiger charge is -2.34. The van der Waals surface area contributed by atoms with E-state index in [1.807, 2.05) is 17.1 Å². The van der Waals surface area contributed by atoms with Gasteiger partial charge in [-0.25, -0.2) is 14.4 Å². The molecule has 1 saturated heterocycles. The molecule has 1 N–H and O–H groups in total. The van der Waals surface area contributed by atoms with Crippen LogP contribution in [0.15, 0.2) is 48.5 Å². The lowest BCUT2D eigenvalue weighted by atomic mass is 10.2. The molecule has 1 aromatic heterocycles. The number of aromatic nitrogens is 1. The van der Waals surface area contributed by atoms with Gasteiger partial charge >= 0.3 is 0 Å². The first-order valence-electron chi connectivity index (χ1n) is 10.4. The number of rotatable bonds is 7. The molecule has 1 aliphatic rings. The normalized spacial score (nSPS) is 15.1. The molecule has 0 spiro atoms. The number of nitrogens with zero attached hydrogens (tertiary/aromatic N) is 3. The topological polar surface area (TPSA) is 57.7 Å². The van der Waals surface area contributed by atoms with Crippen LogP contribution in [0.1, 0.15) is 16.9 Å². The quantitative estimate of drug-likeness (QED) is 0.511. The molecule has 0 bridgehead atoms. The number of hydrogen-bond acceptors (Lipinski definition) is 5. The van der Waals surface area contributed by atoms with Gasteiger partial charge in [0, 0.05) is 49.2 Å². The van der Waals surface area contributed by atoms with Gasteiger partial charge in [-0.1, -0.05) is 29.3 Å². The van der Waals surface area contributed by atoms with E-state index in [2.05, 4.69) is 15.3 Å². The number of hydrogen-bond donors (Lipinski definition) is 1. The zero-order valence-corrected chi connectivity index (χ0v) is 18.9. The molecule has 32 heavy (non-hydrogen) atoms. The monoisotopic (exact) mass is 476 g/mol. The lowest BCUT2D eigenvalue weighted by molar-refractivity contribution is 0.0606. The highest BCUT2D eigenvalue weighted by Crippen LogP contribution is 2.20. The maximum Gasteiger partial charge on any atom is 0.284 e. The van der Waals surface area contributed by atoms with E-state index in [9.17, 15) is 9.18 Å². The van der Waals surface area contributed by atoms with Crippen molar-refractivity contribution in [1.29, 1.82) is 0 Å². The number of carbonyl (C=O) groups excluding carboxylic acids is 1. The number of hydrazine groups is 1. The van der Waals surface area contributed by atoms with Crippen molar-refractivity contribution in [3.8, 4) is 5.75 Å². The Bertz CT molecular complexity index is 1110. The van der Waals surface area contributed by atoms with Crippen LogP contribution in [-0.2, 0) is 0 Å². The third-order valence-electron chi connectivity index (χ3n) is 5.29. The van der Waals surface area contributed by atoms with Crippen molar-refractivity contribution in [1.82, 2.24) is 20.3 Å². The van der Waals surface area contributed by atoms with E-state index in [1.165, 1.54) is 12.1 Å². The first-order valence-corrected chi connectivity index (χ1v) is 11.2. The SMILES string of the molecule is O=C(NN1CCN(CCCOc2ccc(Cl)c(F)c2)CC1)c1ccc2cc(Cl)ccc2n1. The van der Waals surface area contributed by atoms with E-state index in [4.69, 9.17) is 27.9 Å². The number of amides is 1. The van der Waals surface area contributed by atoms with Crippen LogP contribution in [0.5, 0.6) is 5.75 Å². The van der Waals surface area contributed by atoms with Gasteiger partial charge in [-0.05, 0) is 42.8 Å². The van der Waals surface area contributed by atoms with Gasteiger partial charge in [-0.3, -0.25) is 10.2 Å². The third kappa shape index (κ3) is 5.86. The summed E-state index contributed by atoms with van der Waals surface area (Å²) in [4.78, 5) is 19.3. The van der Waals surface area contributed by atoms with Crippen LogP contribution in [0, 0.1) is 5.82 Å². The van der Waals surface area contributed by atoms with Gasteiger partial charge in [0.05, 0.1) is 17.1 Å². The summed E-state index contributed by atoms with van der Waals surface area (Å²) >= 11 is 11.7. The minimum absolute atomic E-state index is 0.0867. The molecular weight excluding hydrogens is 454 g/mol. The first kappa shape index (κ1) is 22.7. The lowest BCUT2D eigenvalue weighted by Crippen LogP contribution is -2.53. The number of ether oxygens (including phenoxy) is 1. The van der Waals surface area contributed by atoms with E-state index >= 15 is 0 Å². The van der Waals surface area contributed by atoms with Crippen molar-refractivity contribution in [2.45, 2.75) is 6.42 Å². The maximum absolute atomic E-state index is 13.4. The van der Waals surface area contributed by atoms with Crippen LogP contribution in [0.3, 0.4) is 0 Å². The predicted molar refractivity (Wildman–Crippen MR) is 124 cm³/mol. The molecule has 4 rings (SSSR count). The average Bonchev–Trinajstić information content (AvgIpc) is 2.79. The molecule has 1 fully saturated rings. The van der Waals surface area contributed by atoms with Crippen LogP contribution in [0.25, 0.3) is 10.9 Å². The third-order valence-corrected chi connectivity index (χ3v) is 5.84. The van der Waals surface area contributed by atoms with Crippen molar-refractivity contribution in [3.05, 3.63) is 70.1 Å². The highest BCUT2D eigenvalue weighted by atomic mass is 35.5. The van der Waals surface area contributed by atoms with Crippen LogP contribution >= 0.6 is 23.2 Å². The van der Waals surface area contributed by atoms with E-state index in [0.29, 0.717) is 23.1 Å². The minimum atomic E-state index is -0.481. The minimum Gasteiger partial charge on any atom is -0.493 e. The molecule has 2 aromatic carbocycles. The Morgan fingerprint density at radius 1 is 1.06 bits per heavy atom. The fourth-order valence-electron chi connectivity index (χ4n) is 3.55. The molecule has 3 aromatic rings. The smallest absolute Gasteiger partial charge is 0.284 e. The standard InChI is InChI=1S/C23H23Cl2FN4O2/c24-17-3-7-21-16(14-17)2-6-22(27-21)23(31)28-30-11-9-29(10-12-30)8-1-13-32-18-4-5-19(25)20(26)15-18/h2-7,14-15H,1,8-13H2,(H,28,31). The number of fused-ring (bicyclic) bond motifs is 1. The van der Waals surface area contributed by atoms with Crippen LogP contribution in [-0.4, -0.2) is 60.1 Å². The number of benzene rings is 2. The molecule has 9 heteroatoms. The summed E-state index contributed by atoms with van der Waals surface area (Å²) in [7, 11) is 0. The van der Waals surface area contributed by atoms with Crippen LogP contribution in [0.4, 0.5) is 4.39 Å². The number of piperazine rings is 1. The second-order valence-electron chi connectivity index (χ2n) is 7.58. The molecule has 6 nitrogen and oxygen atoms in total. The van der Waals surface area contributed by atoms with Crippen LogP contribution in [0.2, 0.25) is 10.0 Å². The molecule has 0 aliphatic carbocycles. The number of pyridine rings is 1. The molecule has 0 saturated carbocycles. The van der Waals surface area contributed by atoms with Crippen molar-refractivity contribution in [3.63, 3.8) is 0 Å². The summed E-state index contributed by atoms with van der Waals surface area (Å²) in [5.41, 5.74) is 4.04. The summed E-state index contributed by atoms with van der Waals surface area (Å²) in [5, 5.41) is 3.54. The van der Waals surface area contributed by atoms with E-state index in [-0.39, 0.29) is 10.9 Å². The molecule has 0 unspecified atom stereocenters. The summed E-state index contributed by atoms with van der Waals surface area (Å²) in [6, 6.07) is 13.4. The van der Waals surface area contributed by atoms with Crippen molar-refractivity contribution in [2.24, 2.45) is 0 Å². The fourth-order valence-corrected chi connectivity index (χ4v) is 3.85. The second kappa shape index (κ2) is 10.4. The van der Waals surface area contributed by atoms with Gasteiger partial charge < -0.3 is 9.64 Å². The summed E-state index contributed by atoms with van der Waals surface area (Å²) in [6.45, 7) is 4.47. The first-order chi connectivity index (χ1) is 15.5. The van der Waals surface area contributed by atoms with E-state index in [1.54, 1.807) is 24.3 Å². The Kier molecular flexibility index (Phi) is 7.42.